The van der Waals surface area contributed by atoms with Crippen molar-refractivity contribution in [2.75, 3.05) is 5.32 Å². The third kappa shape index (κ3) is 1.82. The van der Waals surface area contributed by atoms with Crippen LogP contribution in [0.25, 0.3) is 0 Å². The van der Waals surface area contributed by atoms with Crippen molar-refractivity contribution in [2.24, 2.45) is 0 Å². The second kappa shape index (κ2) is 4.14. The molecule has 0 saturated carbocycles. The van der Waals surface area contributed by atoms with Crippen molar-refractivity contribution in [3.8, 4) is 5.75 Å². The molecule has 0 unspecified atom stereocenters. The lowest BCUT2D eigenvalue weighted by Gasteiger charge is -2.25. The van der Waals surface area contributed by atoms with E-state index in [1.807, 2.05) is 12.1 Å². The number of carbonyl (C=O) groups excluding carboxylic acids is 1. The van der Waals surface area contributed by atoms with Gasteiger partial charge in [-0.1, -0.05) is 24.3 Å². The summed E-state index contributed by atoms with van der Waals surface area (Å²) in [6, 6.07) is 12.4. The molecule has 0 bridgehead atoms. The molecular formula is C14H10FNO2. The summed E-state index contributed by atoms with van der Waals surface area (Å²) in [5, 5.41) is 3.09. The van der Waals surface area contributed by atoms with Gasteiger partial charge < -0.3 is 10.1 Å². The van der Waals surface area contributed by atoms with E-state index in [0.717, 1.165) is 5.69 Å². The summed E-state index contributed by atoms with van der Waals surface area (Å²) < 4.78 is 18.1. The van der Waals surface area contributed by atoms with Crippen LogP contribution in [0.1, 0.15) is 11.6 Å². The predicted octanol–water partition coefficient (Wildman–Crippen LogP) is 2.90. The molecule has 1 N–H and O–H groups in total. The highest BCUT2D eigenvalue weighted by atomic mass is 19.1. The third-order valence-electron chi connectivity index (χ3n) is 2.84. The van der Waals surface area contributed by atoms with Gasteiger partial charge in [-0.3, -0.25) is 0 Å². The Balaban J connectivity index is 1.95. The maximum Gasteiger partial charge on any atom is 0.338 e. The number of halogens is 1. The van der Waals surface area contributed by atoms with Crippen LogP contribution in [0.15, 0.2) is 48.5 Å². The lowest BCUT2D eigenvalue weighted by atomic mass is 10.1. The lowest BCUT2D eigenvalue weighted by Crippen LogP contribution is -2.29. The van der Waals surface area contributed by atoms with Gasteiger partial charge in [0.25, 0.3) is 0 Å². The van der Waals surface area contributed by atoms with Gasteiger partial charge in [0, 0.05) is 0 Å². The van der Waals surface area contributed by atoms with Crippen molar-refractivity contribution in [1.29, 1.82) is 0 Å². The predicted molar refractivity (Wildman–Crippen MR) is 64.8 cm³/mol. The van der Waals surface area contributed by atoms with Gasteiger partial charge in [0.2, 0.25) is 0 Å². The number of benzene rings is 2. The number of esters is 1. The maximum absolute atomic E-state index is 12.9. The second-order valence-corrected chi connectivity index (χ2v) is 4.05. The molecule has 0 spiro atoms. The highest BCUT2D eigenvalue weighted by Crippen LogP contribution is 2.33. The van der Waals surface area contributed by atoms with Crippen LogP contribution in [0, 0.1) is 5.82 Å². The molecule has 4 heteroatoms. The zero-order valence-electron chi connectivity index (χ0n) is 9.39. The van der Waals surface area contributed by atoms with Gasteiger partial charge in [-0.15, -0.1) is 0 Å². The van der Waals surface area contributed by atoms with Crippen molar-refractivity contribution >= 4 is 11.7 Å². The Bertz CT molecular complexity index is 595. The molecule has 0 radical (unpaired) electrons. The average Bonchev–Trinajstić information content (AvgIpc) is 2.39. The quantitative estimate of drug-likeness (QED) is 0.618. The minimum atomic E-state index is -0.597. The van der Waals surface area contributed by atoms with Gasteiger partial charge in [0.1, 0.15) is 5.82 Å². The molecule has 0 aliphatic carbocycles. The SMILES string of the molecule is O=C1Oc2ccccc2N[C@H]1c1ccc(F)cc1. The number of hydrogen-bond acceptors (Lipinski definition) is 3. The fraction of sp³-hybridized carbons (Fsp3) is 0.0714. The molecule has 0 fully saturated rings. The molecule has 1 aliphatic rings. The Morgan fingerprint density at radius 2 is 1.78 bits per heavy atom. The monoisotopic (exact) mass is 243 g/mol. The molecule has 2 aromatic rings. The van der Waals surface area contributed by atoms with Crippen LogP contribution in [0.2, 0.25) is 0 Å². The van der Waals surface area contributed by atoms with Crippen LogP contribution in [0.5, 0.6) is 5.75 Å². The lowest BCUT2D eigenvalue weighted by molar-refractivity contribution is -0.136. The van der Waals surface area contributed by atoms with Crippen LogP contribution in [-0.4, -0.2) is 5.97 Å². The maximum atomic E-state index is 12.9. The van der Waals surface area contributed by atoms with Crippen LogP contribution >= 0.6 is 0 Å². The van der Waals surface area contributed by atoms with Gasteiger partial charge >= 0.3 is 5.97 Å². The second-order valence-electron chi connectivity index (χ2n) is 4.05. The number of nitrogens with one attached hydrogen (secondary N) is 1. The minimum Gasteiger partial charge on any atom is -0.423 e. The largest absolute Gasteiger partial charge is 0.423 e. The number of para-hydroxylation sites is 2. The molecule has 0 aromatic heterocycles. The van der Waals surface area contributed by atoms with Gasteiger partial charge in [0.15, 0.2) is 11.8 Å². The molecule has 3 rings (SSSR count). The van der Waals surface area contributed by atoms with E-state index in [4.69, 9.17) is 4.74 Å². The molecule has 0 saturated heterocycles. The van der Waals surface area contributed by atoms with E-state index in [2.05, 4.69) is 5.32 Å². The number of anilines is 1. The highest BCUT2D eigenvalue weighted by molar-refractivity contribution is 5.87. The molecule has 18 heavy (non-hydrogen) atoms. The first-order valence-electron chi connectivity index (χ1n) is 5.57. The normalized spacial score (nSPS) is 17.6. The van der Waals surface area contributed by atoms with Crippen LogP contribution < -0.4 is 10.1 Å². The first-order chi connectivity index (χ1) is 8.74. The average molecular weight is 243 g/mol. The fourth-order valence-electron chi connectivity index (χ4n) is 1.93. The van der Waals surface area contributed by atoms with Crippen LogP contribution in [0.3, 0.4) is 0 Å². The van der Waals surface area contributed by atoms with Crippen molar-refractivity contribution in [3.05, 3.63) is 59.9 Å². The summed E-state index contributed by atoms with van der Waals surface area (Å²) >= 11 is 0. The zero-order valence-corrected chi connectivity index (χ0v) is 9.39. The summed E-state index contributed by atoms with van der Waals surface area (Å²) in [4.78, 5) is 11.9. The minimum absolute atomic E-state index is 0.330. The topological polar surface area (TPSA) is 38.3 Å². The van der Waals surface area contributed by atoms with Gasteiger partial charge in [-0.05, 0) is 29.8 Å². The molecule has 90 valence electrons. The van der Waals surface area contributed by atoms with E-state index in [1.165, 1.54) is 12.1 Å². The smallest absolute Gasteiger partial charge is 0.338 e. The van der Waals surface area contributed by atoms with E-state index < -0.39 is 6.04 Å². The van der Waals surface area contributed by atoms with Crippen molar-refractivity contribution in [2.45, 2.75) is 6.04 Å². The number of fused-ring (bicyclic) bond motifs is 1. The number of ether oxygens (including phenoxy) is 1. The summed E-state index contributed by atoms with van der Waals surface area (Å²) in [5.74, 6) is -0.204. The van der Waals surface area contributed by atoms with E-state index in [9.17, 15) is 9.18 Å². The third-order valence-corrected chi connectivity index (χ3v) is 2.84. The molecule has 2 aromatic carbocycles. The Kier molecular flexibility index (Phi) is 2.48. The number of rotatable bonds is 1. The van der Waals surface area contributed by atoms with Gasteiger partial charge in [-0.2, -0.15) is 0 Å². The Hall–Kier alpha value is -2.36. The van der Waals surface area contributed by atoms with E-state index in [1.54, 1.807) is 24.3 Å². The Labute approximate surface area is 103 Å². The summed E-state index contributed by atoms with van der Waals surface area (Å²) in [7, 11) is 0. The summed E-state index contributed by atoms with van der Waals surface area (Å²) in [6.07, 6.45) is 0. The van der Waals surface area contributed by atoms with Crippen molar-refractivity contribution in [1.82, 2.24) is 0 Å². The van der Waals surface area contributed by atoms with Crippen molar-refractivity contribution < 1.29 is 13.9 Å². The standard InChI is InChI=1S/C14H10FNO2/c15-10-7-5-9(6-8-10)13-14(17)18-12-4-2-1-3-11(12)16-13/h1-8,13,16H/t13-/m0/s1. The van der Waals surface area contributed by atoms with Crippen molar-refractivity contribution in [3.63, 3.8) is 0 Å². The zero-order chi connectivity index (χ0) is 12.5. The first kappa shape index (κ1) is 10.8. The first-order valence-corrected chi connectivity index (χ1v) is 5.57. The molecule has 1 aliphatic heterocycles. The Morgan fingerprint density at radius 1 is 1.06 bits per heavy atom. The van der Waals surface area contributed by atoms with E-state index >= 15 is 0 Å². The van der Waals surface area contributed by atoms with Gasteiger partial charge in [0.05, 0.1) is 5.69 Å². The molecule has 1 heterocycles. The summed E-state index contributed by atoms with van der Waals surface area (Å²) in [6.45, 7) is 0. The molecule has 3 nitrogen and oxygen atoms in total. The van der Waals surface area contributed by atoms with Gasteiger partial charge in [-0.25, -0.2) is 9.18 Å². The summed E-state index contributed by atoms with van der Waals surface area (Å²) in [5.41, 5.74) is 1.43. The van der Waals surface area contributed by atoms with E-state index in [0.29, 0.717) is 11.3 Å². The Morgan fingerprint density at radius 3 is 2.56 bits per heavy atom. The van der Waals surface area contributed by atoms with E-state index in [-0.39, 0.29) is 11.8 Å². The van der Waals surface area contributed by atoms with Crippen LogP contribution in [-0.2, 0) is 4.79 Å². The highest BCUT2D eigenvalue weighted by Gasteiger charge is 2.28. The number of carbonyl (C=O) groups is 1. The molecule has 1 atom stereocenters. The van der Waals surface area contributed by atoms with Crippen LogP contribution in [0.4, 0.5) is 10.1 Å². The molecule has 0 amide bonds. The number of hydrogen-bond donors (Lipinski definition) is 1. The fourth-order valence-corrected chi connectivity index (χ4v) is 1.93. The molecular weight excluding hydrogens is 233 g/mol.